The Morgan fingerprint density at radius 2 is 1.83 bits per heavy atom. The number of H-pyrrole nitrogens is 1. The van der Waals surface area contributed by atoms with E-state index in [4.69, 9.17) is 5.73 Å². The molecule has 1 aliphatic heterocycles. The van der Waals surface area contributed by atoms with Crippen molar-refractivity contribution in [1.29, 1.82) is 0 Å². The molecule has 4 N–H and O–H groups in total. The third kappa shape index (κ3) is 2.61. The first-order chi connectivity index (χ1) is 11.7. The highest BCUT2D eigenvalue weighted by atomic mass is 16.1. The molecule has 4 rings (SSSR count). The lowest BCUT2D eigenvalue weighted by atomic mass is 10.1. The first kappa shape index (κ1) is 14.7. The molecule has 6 nitrogen and oxygen atoms in total. The van der Waals surface area contributed by atoms with Crippen LogP contribution in [0.4, 0.5) is 5.69 Å². The number of fused-ring (bicyclic) bond motifs is 1. The molecule has 0 aliphatic carbocycles. The Morgan fingerprint density at radius 3 is 2.54 bits per heavy atom. The molecule has 1 amide bonds. The maximum Gasteiger partial charge on any atom is 0.250 e. The zero-order valence-electron chi connectivity index (χ0n) is 13.2. The Bertz CT molecular complexity index is 878. The van der Waals surface area contributed by atoms with E-state index in [2.05, 4.69) is 44.5 Å². The molecule has 1 aromatic heterocycles. The van der Waals surface area contributed by atoms with E-state index >= 15 is 0 Å². The number of carbonyl (C=O) groups excluding carboxylic acids is 1. The zero-order chi connectivity index (χ0) is 16.5. The molecule has 1 saturated heterocycles. The number of hydrogen-bond donors (Lipinski definition) is 3. The van der Waals surface area contributed by atoms with Crippen LogP contribution in [0, 0.1) is 0 Å². The number of piperazine rings is 1. The minimum Gasteiger partial charge on any atom is -0.369 e. The fraction of sp³-hybridized carbons (Fsp3) is 0.222. The third-order valence-corrected chi connectivity index (χ3v) is 4.40. The number of benzene rings is 2. The van der Waals surface area contributed by atoms with Crippen LogP contribution < -0.4 is 16.0 Å². The summed E-state index contributed by atoms with van der Waals surface area (Å²) in [6.07, 6.45) is 0. The van der Waals surface area contributed by atoms with Gasteiger partial charge in [-0.05, 0) is 36.4 Å². The van der Waals surface area contributed by atoms with E-state index in [0.29, 0.717) is 11.1 Å². The van der Waals surface area contributed by atoms with Crippen molar-refractivity contribution in [2.24, 2.45) is 5.73 Å². The van der Waals surface area contributed by atoms with Gasteiger partial charge in [-0.25, -0.2) is 4.98 Å². The molecule has 0 saturated carbocycles. The lowest BCUT2D eigenvalue weighted by molar-refractivity contribution is 0.100. The van der Waals surface area contributed by atoms with E-state index in [0.717, 1.165) is 43.1 Å². The first-order valence-corrected chi connectivity index (χ1v) is 8.07. The number of para-hydroxylation sites is 1. The van der Waals surface area contributed by atoms with E-state index in [9.17, 15) is 4.79 Å². The molecule has 0 atom stereocenters. The molecule has 6 heteroatoms. The van der Waals surface area contributed by atoms with E-state index in [1.807, 2.05) is 6.07 Å². The van der Waals surface area contributed by atoms with Gasteiger partial charge in [0.1, 0.15) is 11.3 Å². The van der Waals surface area contributed by atoms with Crippen LogP contribution in [0.2, 0.25) is 0 Å². The van der Waals surface area contributed by atoms with Gasteiger partial charge in [0.15, 0.2) is 0 Å². The van der Waals surface area contributed by atoms with Gasteiger partial charge in [0, 0.05) is 37.4 Å². The SMILES string of the molecule is NC(=O)c1cccc2[nH]c(-c3ccc(N4CCNCC4)cc3)nc12. The summed E-state index contributed by atoms with van der Waals surface area (Å²) in [5.74, 6) is 0.276. The van der Waals surface area contributed by atoms with Crippen molar-refractivity contribution in [2.75, 3.05) is 31.1 Å². The van der Waals surface area contributed by atoms with Crippen LogP contribution in [0.25, 0.3) is 22.4 Å². The molecule has 2 heterocycles. The predicted octanol–water partition coefficient (Wildman–Crippen LogP) is 1.74. The topological polar surface area (TPSA) is 87.0 Å². The van der Waals surface area contributed by atoms with Gasteiger partial charge in [0.25, 0.3) is 5.91 Å². The maximum atomic E-state index is 11.5. The van der Waals surface area contributed by atoms with Gasteiger partial charge >= 0.3 is 0 Å². The number of primary amides is 1. The fourth-order valence-corrected chi connectivity index (χ4v) is 3.12. The van der Waals surface area contributed by atoms with Gasteiger partial charge < -0.3 is 20.9 Å². The van der Waals surface area contributed by atoms with Gasteiger partial charge in [0.2, 0.25) is 0 Å². The normalized spacial score (nSPS) is 14.9. The lowest BCUT2D eigenvalue weighted by Gasteiger charge is -2.29. The van der Waals surface area contributed by atoms with Crippen LogP contribution in [-0.4, -0.2) is 42.1 Å². The van der Waals surface area contributed by atoms with Crippen molar-refractivity contribution in [2.45, 2.75) is 0 Å². The molecule has 24 heavy (non-hydrogen) atoms. The second-order valence-corrected chi connectivity index (χ2v) is 5.94. The number of rotatable bonds is 3. The molecular weight excluding hydrogens is 302 g/mol. The first-order valence-electron chi connectivity index (χ1n) is 8.07. The maximum absolute atomic E-state index is 11.5. The molecule has 1 fully saturated rings. The highest BCUT2D eigenvalue weighted by Gasteiger charge is 2.13. The van der Waals surface area contributed by atoms with Gasteiger partial charge in [0.05, 0.1) is 11.1 Å². The second-order valence-electron chi connectivity index (χ2n) is 5.94. The number of hydrogen-bond acceptors (Lipinski definition) is 4. The van der Waals surface area contributed by atoms with Crippen molar-refractivity contribution >= 4 is 22.6 Å². The Kier molecular flexibility index (Phi) is 3.66. The van der Waals surface area contributed by atoms with E-state index < -0.39 is 5.91 Å². The number of carbonyl (C=O) groups is 1. The van der Waals surface area contributed by atoms with Crippen molar-refractivity contribution in [3.63, 3.8) is 0 Å². The van der Waals surface area contributed by atoms with Crippen LogP contribution in [0.15, 0.2) is 42.5 Å². The monoisotopic (exact) mass is 321 g/mol. The molecule has 0 radical (unpaired) electrons. The average molecular weight is 321 g/mol. The largest absolute Gasteiger partial charge is 0.369 e. The lowest BCUT2D eigenvalue weighted by Crippen LogP contribution is -2.43. The van der Waals surface area contributed by atoms with Crippen molar-refractivity contribution in [3.8, 4) is 11.4 Å². The molecule has 0 bridgehead atoms. The second kappa shape index (κ2) is 5.98. The number of aromatic amines is 1. The van der Waals surface area contributed by atoms with Gasteiger partial charge in [-0.3, -0.25) is 4.79 Å². The quantitative estimate of drug-likeness (QED) is 0.686. The molecular formula is C18H19N5O. The van der Waals surface area contributed by atoms with Crippen LogP contribution in [0.5, 0.6) is 0 Å². The highest BCUT2D eigenvalue weighted by Crippen LogP contribution is 2.25. The van der Waals surface area contributed by atoms with Gasteiger partial charge in [-0.1, -0.05) is 6.07 Å². The smallest absolute Gasteiger partial charge is 0.250 e. The van der Waals surface area contributed by atoms with E-state index in [1.54, 1.807) is 12.1 Å². The van der Waals surface area contributed by atoms with Crippen LogP contribution in [0.3, 0.4) is 0 Å². The number of anilines is 1. The number of amides is 1. The van der Waals surface area contributed by atoms with Crippen molar-refractivity contribution < 1.29 is 4.79 Å². The van der Waals surface area contributed by atoms with E-state index in [1.165, 1.54) is 5.69 Å². The van der Waals surface area contributed by atoms with Crippen molar-refractivity contribution in [3.05, 3.63) is 48.0 Å². The number of aromatic nitrogens is 2. The summed E-state index contributed by atoms with van der Waals surface area (Å²) in [6, 6.07) is 13.7. The molecule has 2 aromatic carbocycles. The Balaban J connectivity index is 1.67. The summed E-state index contributed by atoms with van der Waals surface area (Å²) in [5, 5.41) is 3.36. The average Bonchev–Trinajstić information content (AvgIpc) is 3.06. The third-order valence-electron chi connectivity index (χ3n) is 4.40. The van der Waals surface area contributed by atoms with Crippen LogP contribution in [0.1, 0.15) is 10.4 Å². The Hall–Kier alpha value is -2.86. The summed E-state index contributed by atoms with van der Waals surface area (Å²) < 4.78 is 0. The standard InChI is InChI=1S/C18H19N5O/c19-17(24)14-2-1-3-15-16(14)22-18(21-15)12-4-6-13(7-5-12)23-10-8-20-9-11-23/h1-7,20H,8-11H2,(H2,19,24)(H,21,22). The van der Waals surface area contributed by atoms with Crippen molar-refractivity contribution in [1.82, 2.24) is 15.3 Å². The summed E-state index contributed by atoms with van der Waals surface area (Å²) >= 11 is 0. The molecule has 0 spiro atoms. The molecule has 1 aliphatic rings. The van der Waals surface area contributed by atoms with Gasteiger partial charge in [-0.2, -0.15) is 0 Å². The minimum atomic E-state index is -0.465. The number of nitrogens with one attached hydrogen (secondary N) is 2. The van der Waals surface area contributed by atoms with Gasteiger partial charge in [-0.15, -0.1) is 0 Å². The number of imidazole rings is 1. The molecule has 3 aromatic rings. The van der Waals surface area contributed by atoms with Crippen LogP contribution in [-0.2, 0) is 0 Å². The zero-order valence-corrected chi connectivity index (χ0v) is 13.2. The Labute approximate surface area is 139 Å². The predicted molar refractivity (Wildman–Crippen MR) is 95.1 cm³/mol. The fourth-order valence-electron chi connectivity index (χ4n) is 3.12. The van der Waals surface area contributed by atoms with Crippen LogP contribution >= 0.6 is 0 Å². The highest BCUT2D eigenvalue weighted by molar-refractivity contribution is 6.04. The number of nitrogens with zero attached hydrogens (tertiary/aromatic N) is 2. The molecule has 0 unspecified atom stereocenters. The Morgan fingerprint density at radius 1 is 1.08 bits per heavy atom. The number of nitrogens with two attached hydrogens (primary N) is 1. The summed E-state index contributed by atoms with van der Waals surface area (Å²) in [5.41, 5.74) is 9.50. The van der Waals surface area contributed by atoms with E-state index in [-0.39, 0.29) is 0 Å². The summed E-state index contributed by atoms with van der Waals surface area (Å²) in [7, 11) is 0. The molecule has 122 valence electrons. The summed E-state index contributed by atoms with van der Waals surface area (Å²) in [6.45, 7) is 4.07. The summed E-state index contributed by atoms with van der Waals surface area (Å²) in [4.78, 5) is 21.7. The minimum absolute atomic E-state index is 0.437.